The van der Waals surface area contributed by atoms with Crippen LogP contribution in [0.25, 0.3) is 0 Å². The van der Waals surface area contributed by atoms with Crippen LogP contribution >= 0.6 is 0 Å². The third-order valence-corrected chi connectivity index (χ3v) is 3.23. The first-order valence-electron chi connectivity index (χ1n) is 4.48. The van der Waals surface area contributed by atoms with E-state index in [0.717, 1.165) is 0 Å². The summed E-state index contributed by atoms with van der Waals surface area (Å²) in [6, 6.07) is 0. The summed E-state index contributed by atoms with van der Waals surface area (Å²) in [5.41, 5.74) is 0. The maximum atomic E-state index is 11.2. The monoisotopic (exact) mass is 223 g/mol. The third kappa shape index (κ3) is 6.85. The molecular weight excluding hydrogens is 206 g/mol. The number of rotatable bonds is 7. The number of carbonyl (C=O) groups is 1. The lowest BCUT2D eigenvalue weighted by atomic mass is 10.6. The molecule has 0 aliphatic rings. The second-order valence-electron chi connectivity index (χ2n) is 2.93. The van der Waals surface area contributed by atoms with Crippen molar-refractivity contribution < 1.29 is 17.9 Å². The lowest BCUT2D eigenvalue weighted by Gasteiger charge is -2.04. The summed E-state index contributed by atoms with van der Waals surface area (Å²) in [5.74, 6) is -0.828. The van der Waals surface area contributed by atoms with E-state index < -0.39 is 21.5 Å². The highest BCUT2D eigenvalue weighted by Gasteiger charge is 2.14. The smallest absolute Gasteiger partial charge is 0.235 e. The molecule has 0 aliphatic carbocycles. The predicted octanol–water partition coefficient (Wildman–Crippen LogP) is -0.426. The van der Waals surface area contributed by atoms with E-state index in [-0.39, 0.29) is 5.75 Å². The first-order chi connectivity index (χ1) is 6.52. The van der Waals surface area contributed by atoms with Crippen molar-refractivity contribution in [1.29, 1.82) is 0 Å². The Hall–Kier alpha value is -0.620. The summed E-state index contributed by atoms with van der Waals surface area (Å²) in [5, 5.41) is 2.45. The fraction of sp³-hybridized carbons (Fsp3) is 0.875. The average molecular weight is 223 g/mol. The number of sulfone groups is 1. The van der Waals surface area contributed by atoms with Gasteiger partial charge in [0.25, 0.3) is 0 Å². The van der Waals surface area contributed by atoms with Gasteiger partial charge in [-0.1, -0.05) is 6.92 Å². The van der Waals surface area contributed by atoms with E-state index in [1.54, 1.807) is 6.92 Å². The molecule has 1 N–H and O–H groups in total. The molecule has 0 aromatic carbocycles. The summed E-state index contributed by atoms with van der Waals surface area (Å²) < 4.78 is 27.1. The molecule has 14 heavy (non-hydrogen) atoms. The Morgan fingerprint density at radius 2 is 2.07 bits per heavy atom. The zero-order chi connectivity index (χ0) is 11.0. The number of ether oxygens (including phenoxy) is 1. The van der Waals surface area contributed by atoms with Crippen LogP contribution in [0, 0.1) is 0 Å². The molecule has 1 amide bonds. The van der Waals surface area contributed by atoms with E-state index in [2.05, 4.69) is 5.32 Å². The summed E-state index contributed by atoms with van der Waals surface area (Å²) in [7, 11) is -1.71. The Bertz CT molecular complexity index is 261. The van der Waals surface area contributed by atoms with Crippen molar-refractivity contribution in [3.8, 4) is 0 Å². The minimum atomic E-state index is -3.22. The van der Waals surface area contributed by atoms with Gasteiger partial charge >= 0.3 is 0 Å². The largest absolute Gasteiger partial charge is 0.383 e. The lowest BCUT2D eigenvalue weighted by Crippen LogP contribution is -2.33. The van der Waals surface area contributed by atoms with E-state index in [0.29, 0.717) is 19.6 Å². The molecule has 5 nitrogen and oxygen atoms in total. The van der Waals surface area contributed by atoms with Crippen molar-refractivity contribution >= 4 is 15.7 Å². The van der Waals surface area contributed by atoms with Crippen LogP contribution in [0.4, 0.5) is 0 Å². The van der Waals surface area contributed by atoms with Gasteiger partial charge in [-0.2, -0.15) is 0 Å². The highest BCUT2D eigenvalue weighted by molar-refractivity contribution is 7.92. The van der Waals surface area contributed by atoms with E-state index in [9.17, 15) is 13.2 Å². The second kappa shape index (κ2) is 6.78. The van der Waals surface area contributed by atoms with Gasteiger partial charge < -0.3 is 10.1 Å². The highest BCUT2D eigenvalue weighted by atomic mass is 32.2. The van der Waals surface area contributed by atoms with Crippen LogP contribution in [0.3, 0.4) is 0 Å². The van der Waals surface area contributed by atoms with E-state index >= 15 is 0 Å². The highest BCUT2D eigenvalue weighted by Crippen LogP contribution is 1.92. The molecule has 0 unspecified atom stereocenters. The SMILES string of the molecule is CCCS(=O)(=O)CC(=O)NCCOC. The minimum Gasteiger partial charge on any atom is -0.383 e. The predicted molar refractivity (Wildman–Crippen MR) is 53.8 cm³/mol. The fourth-order valence-electron chi connectivity index (χ4n) is 0.926. The summed E-state index contributed by atoms with van der Waals surface area (Å²) in [4.78, 5) is 11.1. The average Bonchev–Trinajstić information content (AvgIpc) is 2.03. The van der Waals surface area contributed by atoms with Gasteiger partial charge in [-0.15, -0.1) is 0 Å². The van der Waals surface area contributed by atoms with Gasteiger partial charge in [0.15, 0.2) is 9.84 Å². The summed E-state index contributed by atoms with van der Waals surface area (Å²) in [6.45, 7) is 2.50. The molecule has 6 heteroatoms. The van der Waals surface area contributed by atoms with Crippen molar-refractivity contribution in [2.75, 3.05) is 31.8 Å². The van der Waals surface area contributed by atoms with Crippen LogP contribution in [0.1, 0.15) is 13.3 Å². The Kier molecular flexibility index (Phi) is 6.48. The van der Waals surface area contributed by atoms with Crippen LogP contribution < -0.4 is 5.32 Å². The second-order valence-corrected chi connectivity index (χ2v) is 5.12. The van der Waals surface area contributed by atoms with Crippen LogP contribution in [0.2, 0.25) is 0 Å². The third-order valence-electron chi connectivity index (χ3n) is 1.49. The molecule has 84 valence electrons. The Balaban J connectivity index is 3.82. The van der Waals surface area contributed by atoms with Crippen LogP contribution in [0.15, 0.2) is 0 Å². The maximum absolute atomic E-state index is 11.2. The molecule has 0 heterocycles. The molecular formula is C8H17NO4S. The van der Waals surface area contributed by atoms with Crippen LogP contribution in [-0.4, -0.2) is 46.1 Å². The Morgan fingerprint density at radius 1 is 1.43 bits per heavy atom. The van der Waals surface area contributed by atoms with Gasteiger partial charge in [0, 0.05) is 13.7 Å². The Morgan fingerprint density at radius 3 is 2.57 bits per heavy atom. The topological polar surface area (TPSA) is 72.5 Å². The van der Waals surface area contributed by atoms with E-state index in [1.807, 2.05) is 0 Å². The molecule has 0 aromatic rings. The molecule has 0 rings (SSSR count). The van der Waals surface area contributed by atoms with E-state index in [1.165, 1.54) is 7.11 Å². The number of amides is 1. The van der Waals surface area contributed by atoms with Gasteiger partial charge in [-0.05, 0) is 6.42 Å². The van der Waals surface area contributed by atoms with Crippen LogP contribution in [-0.2, 0) is 19.4 Å². The van der Waals surface area contributed by atoms with Crippen molar-refractivity contribution in [3.63, 3.8) is 0 Å². The van der Waals surface area contributed by atoms with Crippen LogP contribution in [0.5, 0.6) is 0 Å². The van der Waals surface area contributed by atoms with Crippen molar-refractivity contribution in [1.82, 2.24) is 5.32 Å². The molecule has 0 saturated carbocycles. The normalized spacial score (nSPS) is 11.3. The summed E-state index contributed by atoms with van der Waals surface area (Å²) >= 11 is 0. The molecule has 0 atom stereocenters. The zero-order valence-electron chi connectivity index (χ0n) is 8.58. The van der Waals surface area contributed by atoms with E-state index in [4.69, 9.17) is 4.74 Å². The van der Waals surface area contributed by atoms with Gasteiger partial charge in [0.05, 0.1) is 12.4 Å². The molecule has 0 radical (unpaired) electrons. The lowest BCUT2D eigenvalue weighted by molar-refractivity contribution is -0.118. The molecule has 0 aromatic heterocycles. The quantitative estimate of drug-likeness (QED) is 0.595. The number of nitrogens with one attached hydrogen (secondary N) is 1. The zero-order valence-corrected chi connectivity index (χ0v) is 9.39. The van der Waals surface area contributed by atoms with Gasteiger partial charge in [0.2, 0.25) is 5.91 Å². The molecule has 0 fully saturated rings. The first kappa shape index (κ1) is 13.4. The van der Waals surface area contributed by atoms with Gasteiger partial charge in [0.1, 0.15) is 5.75 Å². The number of methoxy groups -OCH3 is 1. The number of hydrogen-bond acceptors (Lipinski definition) is 4. The van der Waals surface area contributed by atoms with Gasteiger partial charge in [-0.3, -0.25) is 4.79 Å². The molecule has 0 bridgehead atoms. The maximum Gasteiger partial charge on any atom is 0.235 e. The molecule has 0 saturated heterocycles. The fourth-order valence-corrected chi connectivity index (χ4v) is 2.19. The number of hydrogen-bond donors (Lipinski definition) is 1. The first-order valence-corrected chi connectivity index (χ1v) is 6.30. The molecule has 0 spiro atoms. The van der Waals surface area contributed by atoms with Gasteiger partial charge in [-0.25, -0.2) is 8.42 Å². The van der Waals surface area contributed by atoms with Crippen molar-refractivity contribution in [2.24, 2.45) is 0 Å². The standard InChI is InChI=1S/C8H17NO4S/c1-3-6-14(11,12)7-8(10)9-4-5-13-2/h3-7H2,1-2H3,(H,9,10). The number of carbonyl (C=O) groups excluding carboxylic acids is 1. The van der Waals surface area contributed by atoms with Crippen molar-refractivity contribution in [2.45, 2.75) is 13.3 Å². The minimum absolute atomic E-state index is 0.0602. The summed E-state index contributed by atoms with van der Waals surface area (Å²) in [6.07, 6.45) is 0.535. The van der Waals surface area contributed by atoms with Crippen molar-refractivity contribution in [3.05, 3.63) is 0 Å². The Labute approximate surface area is 84.7 Å². The molecule has 0 aliphatic heterocycles.